The van der Waals surface area contributed by atoms with Crippen LogP contribution in [0.15, 0.2) is 71.6 Å². The Kier molecular flexibility index (Phi) is 6.03. The number of amides is 1. The van der Waals surface area contributed by atoms with Gasteiger partial charge >= 0.3 is 0 Å². The van der Waals surface area contributed by atoms with E-state index in [4.69, 9.17) is 0 Å². The van der Waals surface area contributed by atoms with E-state index >= 15 is 0 Å². The summed E-state index contributed by atoms with van der Waals surface area (Å²) in [5.74, 6) is -0.241. The summed E-state index contributed by atoms with van der Waals surface area (Å²) >= 11 is 0. The Hall–Kier alpha value is -3.12. The first-order chi connectivity index (χ1) is 13.8. The van der Waals surface area contributed by atoms with Gasteiger partial charge in [0.05, 0.1) is 4.90 Å². The van der Waals surface area contributed by atoms with Crippen molar-refractivity contribution in [3.8, 4) is 0 Å². The Balaban J connectivity index is 1.74. The lowest BCUT2D eigenvalue weighted by Crippen LogP contribution is -2.15. The number of rotatable bonds is 6. The SMILES string of the molecule is CCc1ccccc1NC(=O)c1ccc(NS(=O)(=O)c2ccc(C)c(C)c2)cc1. The first-order valence-corrected chi connectivity index (χ1v) is 10.9. The van der Waals surface area contributed by atoms with Gasteiger partial charge in [-0.1, -0.05) is 31.2 Å². The van der Waals surface area contributed by atoms with Crippen LogP contribution in [0.2, 0.25) is 0 Å². The number of carbonyl (C=O) groups excluding carboxylic acids is 1. The molecule has 0 bridgehead atoms. The minimum absolute atomic E-state index is 0.207. The number of carbonyl (C=O) groups is 1. The van der Waals surface area contributed by atoms with Crippen LogP contribution in [0.25, 0.3) is 0 Å². The average molecular weight is 409 g/mol. The van der Waals surface area contributed by atoms with Crippen LogP contribution >= 0.6 is 0 Å². The Labute approximate surface area is 171 Å². The lowest BCUT2D eigenvalue weighted by molar-refractivity contribution is 0.102. The highest BCUT2D eigenvalue weighted by molar-refractivity contribution is 7.92. The molecule has 0 unspecified atom stereocenters. The first-order valence-electron chi connectivity index (χ1n) is 9.39. The Morgan fingerprint density at radius 2 is 1.59 bits per heavy atom. The van der Waals surface area contributed by atoms with Gasteiger partial charge in [0.15, 0.2) is 0 Å². The lowest BCUT2D eigenvalue weighted by atomic mass is 10.1. The van der Waals surface area contributed by atoms with Gasteiger partial charge in [-0.3, -0.25) is 9.52 Å². The van der Waals surface area contributed by atoms with Gasteiger partial charge in [0.25, 0.3) is 15.9 Å². The molecule has 6 heteroatoms. The van der Waals surface area contributed by atoms with Gasteiger partial charge in [-0.15, -0.1) is 0 Å². The van der Waals surface area contributed by atoms with Crippen molar-refractivity contribution in [2.45, 2.75) is 32.1 Å². The molecule has 0 aromatic heterocycles. The second-order valence-electron chi connectivity index (χ2n) is 6.89. The molecule has 0 radical (unpaired) electrons. The van der Waals surface area contributed by atoms with E-state index in [9.17, 15) is 13.2 Å². The molecule has 0 aliphatic rings. The maximum absolute atomic E-state index is 12.6. The summed E-state index contributed by atoms with van der Waals surface area (Å²) in [6, 6.07) is 19.0. The fourth-order valence-electron chi connectivity index (χ4n) is 2.93. The molecular weight excluding hydrogens is 384 g/mol. The van der Waals surface area contributed by atoms with Gasteiger partial charge < -0.3 is 5.32 Å². The van der Waals surface area contributed by atoms with Crippen LogP contribution in [0.1, 0.15) is 34.0 Å². The second-order valence-corrected chi connectivity index (χ2v) is 8.58. The predicted octanol–water partition coefficient (Wildman–Crippen LogP) is 4.92. The van der Waals surface area contributed by atoms with Crippen LogP contribution in [0.4, 0.5) is 11.4 Å². The number of benzene rings is 3. The van der Waals surface area contributed by atoms with Gasteiger partial charge in [-0.2, -0.15) is 0 Å². The Morgan fingerprint density at radius 1 is 0.897 bits per heavy atom. The average Bonchev–Trinajstić information content (AvgIpc) is 2.70. The van der Waals surface area contributed by atoms with Crippen LogP contribution in [0.5, 0.6) is 0 Å². The number of hydrogen-bond donors (Lipinski definition) is 2. The van der Waals surface area contributed by atoms with Crippen LogP contribution < -0.4 is 10.0 Å². The van der Waals surface area contributed by atoms with Crippen molar-refractivity contribution in [2.75, 3.05) is 10.0 Å². The van der Waals surface area contributed by atoms with Crippen molar-refractivity contribution < 1.29 is 13.2 Å². The van der Waals surface area contributed by atoms with E-state index in [0.717, 1.165) is 28.8 Å². The van der Waals surface area contributed by atoms with E-state index in [-0.39, 0.29) is 10.8 Å². The fourth-order valence-corrected chi connectivity index (χ4v) is 4.07. The minimum atomic E-state index is -3.69. The Bertz CT molecular complexity index is 1140. The van der Waals surface area contributed by atoms with E-state index in [0.29, 0.717) is 11.3 Å². The Morgan fingerprint density at radius 3 is 2.24 bits per heavy atom. The van der Waals surface area contributed by atoms with Crippen LogP contribution in [-0.4, -0.2) is 14.3 Å². The number of sulfonamides is 1. The zero-order valence-corrected chi connectivity index (χ0v) is 17.5. The standard InChI is InChI=1S/C23H24N2O3S/c1-4-18-7-5-6-8-22(18)24-23(26)19-10-12-20(13-11-19)25-29(27,28)21-14-9-16(2)17(3)15-21/h5-15,25H,4H2,1-3H3,(H,24,26). The smallest absolute Gasteiger partial charge is 0.261 e. The number of hydrogen-bond acceptors (Lipinski definition) is 3. The summed E-state index contributed by atoms with van der Waals surface area (Å²) in [7, 11) is -3.69. The predicted molar refractivity (Wildman–Crippen MR) is 117 cm³/mol. The number of nitrogens with one attached hydrogen (secondary N) is 2. The molecule has 5 nitrogen and oxygen atoms in total. The van der Waals surface area contributed by atoms with E-state index in [1.165, 1.54) is 0 Å². The van der Waals surface area contributed by atoms with Crippen molar-refractivity contribution in [3.05, 3.63) is 89.0 Å². The molecule has 2 N–H and O–H groups in total. The van der Waals surface area contributed by atoms with E-state index in [2.05, 4.69) is 10.0 Å². The summed E-state index contributed by atoms with van der Waals surface area (Å²) in [4.78, 5) is 12.7. The second kappa shape index (κ2) is 8.49. The summed E-state index contributed by atoms with van der Waals surface area (Å²) < 4.78 is 27.8. The molecule has 150 valence electrons. The molecule has 0 atom stereocenters. The van der Waals surface area contributed by atoms with Crippen molar-refractivity contribution in [1.82, 2.24) is 0 Å². The van der Waals surface area contributed by atoms with Gasteiger partial charge in [0.1, 0.15) is 0 Å². The minimum Gasteiger partial charge on any atom is -0.322 e. The zero-order chi connectivity index (χ0) is 21.0. The fraction of sp³-hybridized carbons (Fsp3) is 0.174. The van der Waals surface area contributed by atoms with E-state index in [1.807, 2.05) is 45.0 Å². The molecule has 0 spiro atoms. The van der Waals surface area contributed by atoms with Gasteiger partial charge in [0.2, 0.25) is 0 Å². The topological polar surface area (TPSA) is 75.3 Å². The lowest BCUT2D eigenvalue weighted by Gasteiger charge is -2.11. The molecule has 1 amide bonds. The van der Waals surface area contributed by atoms with E-state index in [1.54, 1.807) is 42.5 Å². The number of para-hydroxylation sites is 1. The van der Waals surface area contributed by atoms with Crippen LogP contribution in [-0.2, 0) is 16.4 Å². The highest BCUT2D eigenvalue weighted by atomic mass is 32.2. The van der Waals surface area contributed by atoms with Gasteiger partial charge in [-0.05, 0) is 79.4 Å². The van der Waals surface area contributed by atoms with Crippen molar-refractivity contribution in [2.24, 2.45) is 0 Å². The van der Waals surface area contributed by atoms with Crippen LogP contribution in [0, 0.1) is 13.8 Å². The van der Waals surface area contributed by atoms with E-state index < -0.39 is 10.0 Å². The number of anilines is 2. The van der Waals surface area contributed by atoms with Crippen molar-refractivity contribution in [3.63, 3.8) is 0 Å². The van der Waals surface area contributed by atoms with Gasteiger partial charge in [0, 0.05) is 16.9 Å². The third kappa shape index (κ3) is 4.84. The molecule has 0 saturated heterocycles. The summed E-state index contributed by atoms with van der Waals surface area (Å²) in [5, 5.41) is 2.91. The zero-order valence-electron chi connectivity index (χ0n) is 16.7. The first kappa shape index (κ1) is 20.6. The third-order valence-corrected chi connectivity index (χ3v) is 6.21. The summed E-state index contributed by atoms with van der Waals surface area (Å²) in [6.45, 7) is 5.84. The molecule has 0 fully saturated rings. The molecule has 0 heterocycles. The maximum atomic E-state index is 12.6. The molecule has 3 rings (SSSR count). The highest BCUT2D eigenvalue weighted by Crippen LogP contribution is 2.20. The monoisotopic (exact) mass is 408 g/mol. The third-order valence-electron chi connectivity index (χ3n) is 4.83. The summed E-state index contributed by atoms with van der Waals surface area (Å²) in [6.07, 6.45) is 0.815. The molecule has 29 heavy (non-hydrogen) atoms. The molecule has 3 aromatic carbocycles. The maximum Gasteiger partial charge on any atom is 0.261 e. The summed E-state index contributed by atoms with van der Waals surface area (Å²) in [5.41, 5.74) is 4.62. The van der Waals surface area contributed by atoms with Crippen molar-refractivity contribution in [1.29, 1.82) is 0 Å². The molecular formula is C23H24N2O3S. The molecule has 0 saturated carbocycles. The molecule has 0 aliphatic heterocycles. The highest BCUT2D eigenvalue weighted by Gasteiger charge is 2.15. The quantitative estimate of drug-likeness (QED) is 0.608. The van der Waals surface area contributed by atoms with Crippen LogP contribution in [0.3, 0.4) is 0 Å². The largest absolute Gasteiger partial charge is 0.322 e. The van der Waals surface area contributed by atoms with Gasteiger partial charge in [-0.25, -0.2) is 8.42 Å². The molecule has 3 aromatic rings. The normalized spacial score (nSPS) is 11.1. The van der Waals surface area contributed by atoms with Crippen molar-refractivity contribution >= 4 is 27.3 Å². The number of aryl methyl sites for hydroxylation is 3. The molecule has 0 aliphatic carbocycles.